The molecule has 0 aliphatic carbocycles. The molecule has 0 unspecified atom stereocenters. The van der Waals surface area contributed by atoms with E-state index in [1.165, 1.54) is 17.3 Å². The molecular formula is C20H21BrN4O3S. The van der Waals surface area contributed by atoms with E-state index in [1.807, 2.05) is 28.9 Å². The lowest BCUT2D eigenvalue weighted by molar-refractivity contribution is 0.101. The molecule has 0 atom stereocenters. The van der Waals surface area contributed by atoms with Crippen LogP contribution < -0.4 is 0 Å². The van der Waals surface area contributed by atoms with E-state index >= 15 is 0 Å². The van der Waals surface area contributed by atoms with Gasteiger partial charge in [-0.1, -0.05) is 12.1 Å². The molecule has 152 valence electrons. The van der Waals surface area contributed by atoms with Crippen LogP contribution in [-0.4, -0.2) is 59.0 Å². The van der Waals surface area contributed by atoms with E-state index in [9.17, 15) is 13.2 Å². The summed E-state index contributed by atoms with van der Waals surface area (Å²) < 4.78 is 30.4. The second-order valence-electron chi connectivity index (χ2n) is 7.11. The number of ketones is 1. The number of carbonyl (C=O) groups excluding carboxylic acids is 1. The highest BCUT2D eigenvalue weighted by Crippen LogP contribution is 2.20. The van der Waals surface area contributed by atoms with Crippen molar-refractivity contribution in [2.24, 2.45) is 0 Å². The molecule has 1 aromatic carbocycles. The molecule has 1 aliphatic heterocycles. The molecular weight excluding hydrogens is 456 g/mol. The zero-order valence-electron chi connectivity index (χ0n) is 16.0. The van der Waals surface area contributed by atoms with Crippen LogP contribution in [0.1, 0.15) is 23.0 Å². The quantitative estimate of drug-likeness (QED) is 0.529. The lowest BCUT2D eigenvalue weighted by Gasteiger charge is -2.33. The summed E-state index contributed by atoms with van der Waals surface area (Å²) in [6.45, 7) is 4.18. The Morgan fingerprint density at radius 3 is 2.59 bits per heavy atom. The van der Waals surface area contributed by atoms with Crippen LogP contribution in [0, 0.1) is 0 Å². The van der Waals surface area contributed by atoms with Crippen LogP contribution in [0.2, 0.25) is 0 Å². The summed E-state index contributed by atoms with van der Waals surface area (Å²) in [5.74, 6) is -0.147. The maximum atomic E-state index is 13.0. The van der Waals surface area contributed by atoms with Crippen LogP contribution in [0.5, 0.6) is 0 Å². The molecule has 9 heteroatoms. The Morgan fingerprint density at radius 2 is 1.86 bits per heavy atom. The molecule has 1 saturated heterocycles. The van der Waals surface area contributed by atoms with Crippen LogP contribution in [0.25, 0.3) is 5.65 Å². The number of aromatic nitrogens is 2. The van der Waals surface area contributed by atoms with Gasteiger partial charge in [-0.05, 0) is 47.1 Å². The molecule has 3 heterocycles. The second kappa shape index (κ2) is 7.98. The maximum absolute atomic E-state index is 13.0. The van der Waals surface area contributed by atoms with E-state index < -0.39 is 10.0 Å². The lowest BCUT2D eigenvalue weighted by Crippen LogP contribution is -2.48. The zero-order valence-corrected chi connectivity index (χ0v) is 18.4. The number of pyridine rings is 1. The largest absolute Gasteiger partial charge is 0.306 e. The number of piperazine rings is 1. The van der Waals surface area contributed by atoms with Gasteiger partial charge in [-0.15, -0.1) is 0 Å². The summed E-state index contributed by atoms with van der Waals surface area (Å²) in [5.41, 5.74) is 2.24. The first-order valence-electron chi connectivity index (χ1n) is 9.29. The van der Waals surface area contributed by atoms with Gasteiger partial charge in [0.15, 0.2) is 5.78 Å². The highest BCUT2D eigenvalue weighted by Gasteiger charge is 2.29. The van der Waals surface area contributed by atoms with Gasteiger partial charge in [0.25, 0.3) is 0 Å². The van der Waals surface area contributed by atoms with Crippen molar-refractivity contribution in [2.45, 2.75) is 18.4 Å². The van der Waals surface area contributed by atoms with E-state index in [4.69, 9.17) is 0 Å². The molecule has 2 aromatic heterocycles. The van der Waals surface area contributed by atoms with Crippen molar-refractivity contribution in [1.82, 2.24) is 18.6 Å². The molecule has 29 heavy (non-hydrogen) atoms. The Bertz CT molecular complexity index is 1170. The molecule has 0 N–H and O–H groups in total. The second-order valence-corrected chi connectivity index (χ2v) is 9.96. The number of fused-ring (bicyclic) bond motifs is 1. The van der Waals surface area contributed by atoms with Crippen LogP contribution in [0.4, 0.5) is 0 Å². The molecule has 7 nitrogen and oxygen atoms in total. The third-order valence-electron chi connectivity index (χ3n) is 5.06. The number of benzene rings is 1. The van der Waals surface area contributed by atoms with Crippen molar-refractivity contribution in [2.75, 3.05) is 26.2 Å². The smallest absolute Gasteiger partial charge is 0.243 e. The van der Waals surface area contributed by atoms with E-state index in [-0.39, 0.29) is 10.7 Å². The Morgan fingerprint density at radius 1 is 1.10 bits per heavy atom. The van der Waals surface area contributed by atoms with Crippen LogP contribution in [0.15, 0.2) is 58.2 Å². The molecule has 0 amide bonds. The van der Waals surface area contributed by atoms with Gasteiger partial charge in [-0.3, -0.25) is 9.69 Å². The van der Waals surface area contributed by atoms with E-state index in [0.29, 0.717) is 38.3 Å². The van der Waals surface area contributed by atoms with Gasteiger partial charge in [0.1, 0.15) is 5.65 Å². The fourth-order valence-corrected chi connectivity index (χ4v) is 5.30. The van der Waals surface area contributed by atoms with Crippen molar-refractivity contribution >= 4 is 37.4 Å². The van der Waals surface area contributed by atoms with Gasteiger partial charge < -0.3 is 4.40 Å². The third-order valence-corrected chi connectivity index (χ3v) is 7.42. The number of carbonyl (C=O) groups is 1. The summed E-state index contributed by atoms with van der Waals surface area (Å²) in [6.07, 6.45) is 3.96. The minimum atomic E-state index is -3.61. The molecule has 4 rings (SSSR count). The normalized spacial score (nSPS) is 16.3. The van der Waals surface area contributed by atoms with E-state index in [0.717, 1.165) is 15.8 Å². The molecule has 0 spiro atoms. The maximum Gasteiger partial charge on any atom is 0.243 e. The van der Waals surface area contributed by atoms with Crippen molar-refractivity contribution in [1.29, 1.82) is 0 Å². The zero-order chi connectivity index (χ0) is 20.6. The minimum absolute atomic E-state index is 0.147. The topological polar surface area (TPSA) is 75.0 Å². The number of sulfonamides is 1. The van der Waals surface area contributed by atoms with Crippen molar-refractivity contribution in [3.63, 3.8) is 0 Å². The highest BCUT2D eigenvalue weighted by molar-refractivity contribution is 9.10. The molecule has 0 bridgehead atoms. The molecule has 0 saturated carbocycles. The van der Waals surface area contributed by atoms with Gasteiger partial charge in [0.05, 0.1) is 10.6 Å². The summed E-state index contributed by atoms with van der Waals surface area (Å²) in [4.78, 5) is 18.6. The van der Waals surface area contributed by atoms with Gasteiger partial charge in [0.2, 0.25) is 10.0 Å². The predicted molar refractivity (Wildman–Crippen MR) is 113 cm³/mol. The number of hydrogen-bond donors (Lipinski definition) is 0. The van der Waals surface area contributed by atoms with Crippen molar-refractivity contribution < 1.29 is 13.2 Å². The number of rotatable bonds is 5. The fourth-order valence-electron chi connectivity index (χ4n) is 3.48. The number of hydrogen-bond acceptors (Lipinski definition) is 5. The number of halogens is 1. The number of Topliss-reactive ketones (excluding diaryl/α,β-unsaturated/α-hetero) is 1. The van der Waals surface area contributed by atoms with Gasteiger partial charge in [-0.2, -0.15) is 4.31 Å². The summed E-state index contributed by atoms with van der Waals surface area (Å²) >= 11 is 3.46. The minimum Gasteiger partial charge on any atom is -0.306 e. The molecule has 3 aromatic rings. The van der Waals surface area contributed by atoms with Gasteiger partial charge in [-0.25, -0.2) is 13.4 Å². The predicted octanol–water partition coefficient (Wildman–Crippen LogP) is 2.81. The number of imidazole rings is 1. The fraction of sp³-hybridized carbons (Fsp3) is 0.300. The summed E-state index contributed by atoms with van der Waals surface area (Å²) in [5, 5.41) is 0. The Hall–Kier alpha value is -2.07. The van der Waals surface area contributed by atoms with Crippen LogP contribution in [-0.2, 0) is 16.6 Å². The van der Waals surface area contributed by atoms with Gasteiger partial charge >= 0.3 is 0 Å². The average molecular weight is 477 g/mol. The molecule has 1 aliphatic rings. The SMILES string of the molecule is CC(=O)c1cccc(S(=O)(=O)N2CCN(Cc3cn4cc(Br)ccc4n3)CC2)c1. The third kappa shape index (κ3) is 4.28. The lowest BCUT2D eigenvalue weighted by atomic mass is 10.2. The molecule has 0 radical (unpaired) electrons. The first-order chi connectivity index (χ1) is 13.8. The standard InChI is InChI=1S/C20H21BrN4O3S/c1-15(26)16-3-2-4-19(11-16)29(27,28)25-9-7-23(8-10-25)13-18-14-24-12-17(21)5-6-20(24)22-18/h2-6,11-12,14H,7-10,13H2,1H3. The van der Waals surface area contributed by atoms with E-state index in [2.05, 4.69) is 25.8 Å². The first-order valence-corrected chi connectivity index (χ1v) is 11.5. The van der Waals surface area contributed by atoms with Crippen LogP contribution in [0.3, 0.4) is 0 Å². The van der Waals surface area contributed by atoms with Gasteiger partial charge in [0, 0.05) is 55.2 Å². The average Bonchev–Trinajstić information content (AvgIpc) is 3.09. The highest BCUT2D eigenvalue weighted by atomic mass is 79.9. The Balaban J connectivity index is 1.43. The van der Waals surface area contributed by atoms with Crippen LogP contribution >= 0.6 is 15.9 Å². The van der Waals surface area contributed by atoms with Crippen molar-refractivity contribution in [3.05, 3.63) is 64.5 Å². The van der Waals surface area contributed by atoms with Crippen molar-refractivity contribution in [3.8, 4) is 0 Å². The number of nitrogens with zero attached hydrogens (tertiary/aromatic N) is 4. The molecule has 1 fully saturated rings. The first kappa shape index (κ1) is 20.2. The monoisotopic (exact) mass is 476 g/mol. The van der Waals surface area contributed by atoms with E-state index in [1.54, 1.807) is 18.2 Å². The Kier molecular flexibility index (Phi) is 5.56. The summed E-state index contributed by atoms with van der Waals surface area (Å²) in [6, 6.07) is 10.2. The summed E-state index contributed by atoms with van der Waals surface area (Å²) in [7, 11) is -3.61. The Labute approximate surface area is 178 Å².